The van der Waals surface area contributed by atoms with Crippen LogP contribution in [0.25, 0.3) is 0 Å². The highest BCUT2D eigenvalue weighted by Gasteiger charge is 2.22. The van der Waals surface area contributed by atoms with E-state index in [-0.39, 0.29) is 33.7 Å². The van der Waals surface area contributed by atoms with Crippen LogP contribution in [0.5, 0.6) is 0 Å². The molecule has 0 heterocycles. The Bertz CT molecular complexity index is 602. The van der Waals surface area contributed by atoms with Gasteiger partial charge in [0.2, 0.25) is 10.0 Å². The van der Waals surface area contributed by atoms with Crippen LogP contribution in [0.2, 0.25) is 10.0 Å². The van der Waals surface area contributed by atoms with Crippen molar-refractivity contribution in [2.75, 3.05) is 19.8 Å². The lowest BCUT2D eigenvalue weighted by atomic mass is 10.2. The average Bonchev–Trinajstić information content (AvgIpc) is 3.24. The number of aliphatic hydroxyl groups is 1. The molecule has 0 bridgehead atoms. The van der Waals surface area contributed by atoms with Crippen molar-refractivity contribution in [3.63, 3.8) is 0 Å². The molecule has 0 unspecified atom stereocenters. The molecular formula is C13H17Cl2NO4S. The molecule has 1 aliphatic carbocycles. The highest BCUT2D eigenvalue weighted by molar-refractivity contribution is 7.89. The molecule has 0 radical (unpaired) electrons. The van der Waals surface area contributed by atoms with Crippen molar-refractivity contribution in [2.24, 2.45) is 5.92 Å². The molecule has 0 aliphatic heterocycles. The van der Waals surface area contributed by atoms with Gasteiger partial charge in [-0.2, -0.15) is 0 Å². The lowest BCUT2D eigenvalue weighted by Gasteiger charge is -2.11. The van der Waals surface area contributed by atoms with E-state index in [0.717, 1.165) is 0 Å². The predicted octanol–water partition coefficient (Wildman–Crippen LogP) is 2.19. The van der Waals surface area contributed by atoms with Gasteiger partial charge in [0.05, 0.1) is 18.2 Å². The topological polar surface area (TPSA) is 75.6 Å². The second kappa shape index (κ2) is 7.26. The van der Waals surface area contributed by atoms with E-state index in [9.17, 15) is 8.42 Å². The fourth-order valence-corrected chi connectivity index (χ4v) is 3.73. The number of halogens is 2. The second-order valence-corrected chi connectivity index (χ2v) is 7.50. The van der Waals surface area contributed by atoms with Crippen molar-refractivity contribution < 1.29 is 18.3 Å². The number of nitrogens with one attached hydrogen (secondary N) is 1. The Morgan fingerprint density at radius 1 is 1.33 bits per heavy atom. The average molecular weight is 354 g/mol. The Balaban J connectivity index is 1.99. The van der Waals surface area contributed by atoms with E-state index in [1.165, 1.54) is 25.0 Å². The first-order valence-corrected chi connectivity index (χ1v) is 8.84. The lowest BCUT2D eigenvalue weighted by molar-refractivity contribution is 0.129. The molecule has 1 aromatic rings. The van der Waals surface area contributed by atoms with E-state index in [1.807, 2.05) is 0 Å². The van der Waals surface area contributed by atoms with Gasteiger partial charge >= 0.3 is 0 Å². The number of hydrogen-bond donors (Lipinski definition) is 2. The fourth-order valence-electron chi connectivity index (χ4n) is 1.79. The van der Waals surface area contributed by atoms with Crippen LogP contribution in [0, 0.1) is 5.92 Å². The zero-order valence-electron chi connectivity index (χ0n) is 11.3. The van der Waals surface area contributed by atoms with Gasteiger partial charge < -0.3 is 9.84 Å². The first-order chi connectivity index (χ1) is 9.94. The van der Waals surface area contributed by atoms with Gasteiger partial charge in [-0.1, -0.05) is 23.2 Å². The summed E-state index contributed by atoms with van der Waals surface area (Å²) in [6.45, 7) is 0.758. The summed E-state index contributed by atoms with van der Waals surface area (Å²) in [7, 11) is -3.79. The smallest absolute Gasteiger partial charge is 0.242 e. The summed E-state index contributed by atoms with van der Waals surface area (Å²) < 4.78 is 32.2. The predicted molar refractivity (Wildman–Crippen MR) is 81.1 cm³/mol. The fraction of sp³-hybridized carbons (Fsp3) is 0.538. The minimum absolute atomic E-state index is 0.0201. The molecule has 1 aliphatic rings. The quantitative estimate of drug-likeness (QED) is 0.702. The van der Waals surface area contributed by atoms with Crippen LogP contribution in [0.15, 0.2) is 17.0 Å². The van der Waals surface area contributed by atoms with Crippen LogP contribution in [0.4, 0.5) is 0 Å². The van der Waals surface area contributed by atoms with Gasteiger partial charge in [-0.25, -0.2) is 13.1 Å². The molecule has 8 heteroatoms. The van der Waals surface area contributed by atoms with E-state index in [4.69, 9.17) is 33.0 Å². The lowest BCUT2D eigenvalue weighted by Crippen LogP contribution is -2.28. The van der Waals surface area contributed by atoms with Crippen molar-refractivity contribution in [1.29, 1.82) is 0 Å². The first-order valence-electron chi connectivity index (χ1n) is 6.60. The van der Waals surface area contributed by atoms with E-state index in [2.05, 4.69) is 4.72 Å². The number of ether oxygens (including phenoxy) is 1. The summed E-state index contributed by atoms with van der Waals surface area (Å²) in [5.41, 5.74) is 0.273. The molecule has 0 aromatic heterocycles. The van der Waals surface area contributed by atoms with Gasteiger partial charge in [-0.15, -0.1) is 0 Å². The molecule has 0 spiro atoms. The molecule has 0 amide bonds. The molecule has 1 aromatic carbocycles. The summed E-state index contributed by atoms with van der Waals surface area (Å²) in [6.07, 6.45) is 2.38. The van der Waals surface area contributed by atoms with Crippen molar-refractivity contribution in [1.82, 2.24) is 4.72 Å². The monoisotopic (exact) mass is 353 g/mol. The van der Waals surface area contributed by atoms with Crippen molar-refractivity contribution in [2.45, 2.75) is 24.3 Å². The zero-order chi connectivity index (χ0) is 15.5. The standard InChI is InChI=1S/C13H17Cl2NO4S/c14-11-5-10(7-17)13(15)12(6-11)21(18,19)16-3-4-20-8-9-1-2-9/h5-6,9,16-17H,1-4,7-8H2. The minimum atomic E-state index is -3.79. The summed E-state index contributed by atoms with van der Waals surface area (Å²) in [6, 6.07) is 2.69. The maximum absolute atomic E-state index is 12.2. The van der Waals surface area contributed by atoms with Crippen LogP contribution in [-0.4, -0.2) is 33.3 Å². The van der Waals surface area contributed by atoms with Gasteiger partial charge in [0, 0.05) is 18.2 Å². The van der Waals surface area contributed by atoms with E-state index in [0.29, 0.717) is 19.1 Å². The Kier molecular flexibility index (Phi) is 5.88. The molecule has 0 saturated heterocycles. The Labute approximate surface area is 134 Å². The summed E-state index contributed by atoms with van der Waals surface area (Å²) in [5, 5.41) is 9.34. The van der Waals surface area contributed by atoms with Gasteiger partial charge in [0.1, 0.15) is 4.90 Å². The third-order valence-corrected chi connectivity index (χ3v) is 5.39. The Morgan fingerprint density at radius 3 is 2.67 bits per heavy atom. The van der Waals surface area contributed by atoms with E-state index >= 15 is 0 Å². The van der Waals surface area contributed by atoms with Gasteiger partial charge in [0.15, 0.2) is 0 Å². The molecule has 0 atom stereocenters. The van der Waals surface area contributed by atoms with Crippen molar-refractivity contribution in [3.05, 3.63) is 27.7 Å². The van der Waals surface area contributed by atoms with Gasteiger partial charge in [-0.3, -0.25) is 0 Å². The highest BCUT2D eigenvalue weighted by Crippen LogP contribution is 2.30. The maximum Gasteiger partial charge on any atom is 0.242 e. The third kappa shape index (κ3) is 4.81. The maximum atomic E-state index is 12.2. The molecule has 1 fully saturated rings. The molecule has 1 saturated carbocycles. The van der Waals surface area contributed by atoms with Crippen LogP contribution in [0.1, 0.15) is 18.4 Å². The molecule has 21 heavy (non-hydrogen) atoms. The molecular weight excluding hydrogens is 337 g/mol. The van der Waals surface area contributed by atoms with Crippen LogP contribution in [-0.2, 0) is 21.4 Å². The number of sulfonamides is 1. The van der Waals surface area contributed by atoms with E-state index < -0.39 is 10.0 Å². The normalized spacial score (nSPS) is 15.4. The highest BCUT2D eigenvalue weighted by atomic mass is 35.5. The molecule has 5 nitrogen and oxygen atoms in total. The largest absolute Gasteiger partial charge is 0.392 e. The number of benzene rings is 1. The first kappa shape index (κ1) is 17.0. The SMILES string of the molecule is O=S(=O)(NCCOCC1CC1)c1cc(Cl)cc(CO)c1Cl. The second-order valence-electron chi connectivity index (χ2n) is 4.95. The summed E-state index contributed by atoms with van der Waals surface area (Å²) in [5.74, 6) is 0.635. The van der Waals surface area contributed by atoms with E-state index in [1.54, 1.807) is 0 Å². The number of aliphatic hydroxyl groups excluding tert-OH is 1. The molecule has 118 valence electrons. The Morgan fingerprint density at radius 2 is 2.05 bits per heavy atom. The van der Waals surface area contributed by atoms with Gasteiger partial charge in [0.25, 0.3) is 0 Å². The van der Waals surface area contributed by atoms with Crippen LogP contribution < -0.4 is 4.72 Å². The van der Waals surface area contributed by atoms with Crippen molar-refractivity contribution >= 4 is 33.2 Å². The van der Waals surface area contributed by atoms with Gasteiger partial charge in [-0.05, 0) is 36.5 Å². The molecule has 2 rings (SSSR count). The summed E-state index contributed by atoms with van der Waals surface area (Å²) >= 11 is 11.8. The van der Waals surface area contributed by atoms with Crippen molar-refractivity contribution in [3.8, 4) is 0 Å². The Hall–Kier alpha value is -0.370. The summed E-state index contributed by atoms with van der Waals surface area (Å²) in [4.78, 5) is -0.136. The van der Waals surface area contributed by atoms with Crippen LogP contribution >= 0.6 is 23.2 Å². The van der Waals surface area contributed by atoms with Crippen LogP contribution in [0.3, 0.4) is 0 Å². The zero-order valence-corrected chi connectivity index (χ0v) is 13.6. The third-order valence-electron chi connectivity index (χ3n) is 3.13. The molecule has 2 N–H and O–H groups in total. The number of hydrogen-bond acceptors (Lipinski definition) is 4. The minimum Gasteiger partial charge on any atom is -0.392 e. The number of rotatable bonds is 8.